The molecule has 30 heavy (non-hydrogen) atoms. The van der Waals surface area contributed by atoms with Gasteiger partial charge in [-0.15, -0.1) is 0 Å². The number of nitrogens with one attached hydrogen (secondary N) is 1. The van der Waals surface area contributed by atoms with Crippen molar-refractivity contribution in [2.75, 3.05) is 24.2 Å². The number of carbonyl (C=O) groups excluding carboxylic acids is 2. The Morgan fingerprint density at radius 2 is 1.73 bits per heavy atom. The van der Waals surface area contributed by atoms with Crippen LogP contribution in [0, 0.1) is 3.57 Å². The summed E-state index contributed by atoms with van der Waals surface area (Å²) in [4.78, 5) is 26.8. The summed E-state index contributed by atoms with van der Waals surface area (Å²) in [5.41, 5.74) is 1.03. The molecule has 0 bridgehead atoms. The number of benzene rings is 2. The molecule has 0 saturated carbocycles. The van der Waals surface area contributed by atoms with E-state index in [1.165, 1.54) is 11.9 Å². The molecule has 0 spiro atoms. The highest BCUT2D eigenvalue weighted by molar-refractivity contribution is 14.1. The zero-order valence-corrected chi connectivity index (χ0v) is 20.5. The van der Waals surface area contributed by atoms with Gasteiger partial charge in [0, 0.05) is 22.2 Å². The first-order chi connectivity index (χ1) is 14.0. The third kappa shape index (κ3) is 6.32. The van der Waals surface area contributed by atoms with Crippen LogP contribution in [0.2, 0.25) is 5.02 Å². The quantitative estimate of drug-likeness (QED) is 0.501. The van der Waals surface area contributed by atoms with Gasteiger partial charge < -0.3 is 10.2 Å². The largest absolute Gasteiger partial charge is 0.357 e. The Hall–Kier alpha value is -1.85. The molecule has 0 fully saturated rings. The van der Waals surface area contributed by atoms with Gasteiger partial charge in [0.15, 0.2) is 0 Å². The highest BCUT2D eigenvalue weighted by atomic mass is 127. The molecule has 10 heteroatoms. The van der Waals surface area contributed by atoms with Gasteiger partial charge >= 0.3 is 0 Å². The minimum absolute atomic E-state index is 0.0668. The van der Waals surface area contributed by atoms with Crippen molar-refractivity contribution < 1.29 is 18.0 Å². The van der Waals surface area contributed by atoms with Crippen molar-refractivity contribution in [3.63, 3.8) is 0 Å². The molecule has 0 aliphatic carbocycles. The van der Waals surface area contributed by atoms with Crippen LogP contribution in [0.3, 0.4) is 0 Å². The number of anilines is 1. The van der Waals surface area contributed by atoms with Crippen LogP contribution in [0.5, 0.6) is 0 Å². The molecule has 0 aliphatic heterocycles. The van der Waals surface area contributed by atoms with Crippen LogP contribution in [0.15, 0.2) is 48.5 Å². The van der Waals surface area contributed by atoms with E-state index in [1.54, 1.807) is 55.5 Å². The van der Waals surface area contributed by atoms with Crippen LogP contribution in [-0.4, -0.2) is 51.0 Å². The van der Waals surface area contributed by atoms with Crippen LogP contribution >= 0.6 is 34.2 Å². The number of halogens is 2. The predicted octanol–water partition coefficient (Wildman–Crippen LogP) is 2.87. The molecule has 1 N–H and O–H groups in total. The molecule has 2 aromatic carbocycles. The Bertz CT molecular complexity index is 1010. The average molecular weight is 564 g/mol. The Balaban J connectivity index is 2.38. The van der Waals surface area contributed by atoms with Gasteiger partial charge in [0.2, 0.25) is 21.8 Å². The summed E-state index contributed by atoms with van der Waals surface area (Å²) in [6, 6.07) is 13.0. The number of likely N-dealkylation sites (N-methyl/N-ethyl adjacent to an activating group) is 1. The zero-order chi connectivity index (χ0) is 22.5. The maximum atomic E-state index is 13.2. The molecule has 2 rings (SSSR count). The minimum atomic E-state index is -3.74. The fraction of sp³-hybridized carbons (Fsp3) is 0.300. The van der Waals surface area contributed by atoms with E-state index >= 15 is 0 Å². The Labute approximate surface area is 195 Å². The van der Waals surface area contributed by atoms with E-state index in [0.29, 0.717) is 16.3 Å². The second-order valence-electron chi connectivity index (χ2n) is 6.65. The van der Waals surface area contributed by atoms with Crippen LogP contribution in [0.1, 0.15) is 12.5 Å². The fourth-order valence-corrected chi connectivity index (χ4v) is 4.23. The standard InChI is InChI=1S/C20H23ClIN3O4S/c1-14(20(27)23-2)24(12-15-6-4-5-7-18(15)21)19(26)13-25(30(3,28)29)17-10-8-16(22)9-11-17/h4-11,14H,12-13H2,1-3H3,(H,23,27). The number of amides is 2. The first-order valence-electron chi connectivity index (χ1n) is 9.02. The molecule has 162 valence electrons. The maximum Gasteiger partial charge on any atom is 0.244 e. The molecule has 0 radical (unpaired) electrons. The molecule has 2 aromatic rings. The van der Waals surface area contributed by atoms with E-state index in [9.17, 15) is 18.0 Å². The van der Waals surface area contributed by atoms with Crippen LogP contribution < -0.4 is 9.62 Å². The Morgan fingerprint density at radius 3 is 2.27 bits per heavy atom. The van der Waals surface area contributed by atoms with Gasteiger partial charge in [-0.1, -0.05) is 29.8 Å². The average Bonchev–Trinajstić information content (AvgIpc) is 2.70. The lowest BCUT2D eigenvalue weighted by Crippen LogP contribution is -2.50. The third-order valence-electron chi connectivity index (χ3n) is 4.51. The van der Waals surface area contributed by atoms with Gasteiger partial charge in [-0.2, -0.15) is 0 Å². The summed E-state index contributed by atoms with van der Waals surface area (Å²) in [5.74, 6) is -0.884. The number of rotatable bonds is 8. The predicted molar refractivity (Wildman–Crippen MR) is 127 cm³/mol. The molecule has 1 unspecified atom stereocenters. The van der Waals surface area contributed by atoms with E-state index in [4.69, 9.17) is 11.6 Å². The Kier molecular flexibility index (Phi) is 8.51. The monoisotopic (exact) mass is 563 g/mol. The number of nitrogens with zero attached hydrogens (tertiary/aromatic N) is 2. The summed E-state index contributed by atoms with van der Waals surface area (Å²) >= 11 is 8.35. The van der Waals surface area contributed by atoms with Crippen molar-refractivity contribution in [3.05, 3.63) is 62.7 Å². The molecule has 2 amide bonds. The van der Waals surface area contributed by atoms with E-state index in [0.717, 1.165) is 14.1 Å². The number of carbonyl (C=O) groups is 2. The summed E-state index contributed by atoms with van der Waals surface area (Å²) in [6.45, 7) is 1.21. The lowest BCUT2D eigenvalue weighted by Gasteiger charge is -2.31. The van der Waals surface area contributed by atoms with Crippen molar-refractivity contribution in [1.82, 2.24) is 10.2 Å². The number of hydrogen-bond donors (Lipinski definition) is 1. The number of hydrogen-bond acceptors (Lipinski definition) is 4. The van der Waals surface area contributed by atoms with Gasteiger partial charge in [0.25, 0.3) is 0 Å². The van der Waals surface area contributed by atoms with Crippen LogP contribution in [0.4, 0.5) is 5.69 Å². The Morgan fingerprint density at radius 1 is 1.13 bits per heavy atom. The van der Waals surface area contributed by atoms with Crippen molar-refractivity contribution in [1.29, 1.82) is 0 Å². The molecule has 7 nitrogen and oxygen atoms in total. The van der Waals surface area contributed by atoms with Gasteiger partial charge in [-0.05, 0) is 65.4 Å². The normalized spacial score (nSPS) is 12.2. The van der Waals surface area contributed by atoms with Gasteiger partial charge in [-0.25, -0.2) is 8.42 Å². The molecular weight excluding hydrogens is 541 g/mol. The summed E-state index contributed by atoms with van der Waals surface area (Å²) < 4.78 is 26.8. The number of sulfonamides is 1. The molecular formula is C20H23ClIN3O4S. The lowest BCUT2D eigenvalue weighted by atomic mass is 10.1. The zero-order valence-electron chi connectivity index (χ0n) is 16.8. The SMILES string of the molecule is CNC(=O)C(C)N(Cc1ccccc1Cl)C(=O)CN(c1ccc(I)cc1)S(C)(=O)=O. The van der Waals surface area contributed by atoms with E-state index in [2.05, 4.69) is 27.9 Å². The third-order valence-corrected chi connectivity index (χ3v) is 6.73. The second kappa shape index (κ2) is 10.5. The highest BCUT2D eigenvalue weighted by Gasteiger charge is 2.30. The summed E-state index contributed by atoms with van der Waals surface area (Å²) in [5, 5.41) is 2.98. The van der Waals surface area contributed by atoms with E-state index in [1.807, 2.05) is 0 Å². The molecule has 0 aromatic heterocycles. The van der Waals surface area contributed by atoms with Crippen LogP contribution in [0.25, 0.3) is 0 Å². The lowest BCUT2D eigenvalue weighted by molar-refractivity contribution is -0.139. The minimum Gasteiger partial charge on any atom is -0.357 e. The first-order valence-corrected chi connectivity index (χ1v) is 12.3. The van der Waals surface area contributed by atoms with Gasteiger partial charge in [0.05, 0.1) is 11.9 Å². The first kappa shape index (κ1) is 24.4. The van der Waals surface area contributed by atoms with Crippen molar-refractivity contribution in [3.8, 4) is 0 Å². The maximum absolute atomic E-state index is 13.2. The van der Waals surface area contributed by atoms with Crippen molar-refractivity contribution >= 4 is 61.7 Å². The molecule has 0 aliphatic rings. The highest BCUT2D eigenvalue weighted by Crippen LogP contribution is 2.22. The van der Waals surface area contributed by atoms with E-state index < -0.39 is 28.5 Å². The molecule has 0 saturated heterocycles. The van der Waals surface area contributed by atoms with Crippen molar-refractivity contribution in [2.24, 2.45) is 0 Å². The van der Waals surface area contributed by atoms with Gasteiger partial charge in [0.1, 0.15) is 12.6 Å². The summed E-state index contributed by atoms with van der Waals surface area (Å²) in [6.07, 6.45) is 1.04. The molecule has 1 atom stereocenters. The van der Waals surface area contributed by atoms with Gasteiger partial charge in [-0.3, -0.25) is 13.9 Å². The second-order valence-corrected chi connectivity index (χ2v) is 10.2. The van der Waals surface area contributed by atoms with Crippen LogP contribution in [-0.2, 0) is 26.2 Å². The fourth-order valence-electron chi connectivity index (χ4n) is 2.82. The van der Waals surface area contributed by atoms with E-state index in [-0.39, 0.29) is 12.5 Å². The smallest absolute Gasteiger partial charge is 0.244 e. The summed E-state index contributed by atoms with van der Waals surface area (Å²) in [7, 11) is -2.26. The topological polar surface area (TPSA) is 86.8 Å². The molecule has 0 heterocycles. The van der Waals surface area contributed by atoms with Crippen molar-refractivity contribution in [2.45, 2.75) is 19.5 Å².